The average molecular weight is 316 g/mol. The van der Waals surface area contributed by atoms with Crippen LogP contribution in [0.15, 0.2) is 18.2 Å². The normalized spacial score (nSPS) is 14.0. The first-order valence-electron chi connectivity index (χ1n) is 8.40. The van der Waals surface area contributed by atoms with Crippen LogP contribution in [-0.2, 0) is 17.6 Å². The Kier molecular flexibility index (Phi) is 5.31. The molecule has 1 aliphatic carbocycles. The van der Waals surface area contributed by atoms with Gasteiger partial charge < -0.3 is 20.1 Å². The van der Waals surface area contributed by atoms with Gasteiger partial charge in [-0.15, -0.1) is 0 Å². The third-order valence-corrected chi connectivity index (χ3v) is 4.36. The first-order valence-corrected chi connectivity index (χ1v) is 8.40. The van der Waals surface area contributed by atoms with Gasteiger partial charge in [-0.05, 0) is 43.7 Å². The van der Waals surface area contributed by atoms with Crippen LogP contribution in [0.1, 0.15) is 40.9 Å². The fourth-order valence-electron chi connectivity index (χ4n) is 3.26. The van der Waals surface area contributed by atoms with Gasteiger partial charge in [-0.3, -0.25) is 4.79 Å². The third-order valence-electron chi connectivity index (χ3n) is 4.36. The molecule has 0 unspecified atom stereocenters. The van der Waals surface area contributed by atoms with Crippen molar-refractivity contribution in [2.75, 3.05) is 26.4 Å². The summed E-state index contributed by atoms with van der Waals surface area (Å²) in [4.78, 5) is 15.9. The summed E-state index contributed by atoms with van der Waals surface area (Å²) in [6.45, 7) is 1.50. The number of fused-ring (bicyclic) bond motifs is 3. The number of nitrogens with one attached hydrogen (secondary N) is 2. The monoisotopic (exact) mass is 316 g/mol. The van der Waals surface area contributed by atoms with E-state index in [4.69, 9.17) is 9.84 Å². The number of amides is 1. The van der Waals surface area contributed by atoms with Crippen LogP contribution in [0, 0.1) is 0 Å². The van der Waals surface area contributed by atoms with Crippen molar-refractivity contribution < 1.29 is 14.6 Å². The summed E-state index contributed by atoms with van der Waals surface area (Å²) < 4.78 is 5.19. The Morgan fingerprint density at radius 3 is 3.00 bits per heavy atom. The highest BCUT2D eigenvalue weighted by atomic mass is 16.5. The van der Waals surface area contributed by atoms with Gasteiger partial charge in [-0.2, -0.15) is 0 Å². The molecule has 3 N–H and O–H groups in total. The number of aromatic amines is 1. The number of rotatable bonds is 7. The van der Waals surface area contributed by atoms with Gasteiger partial charge in [0.05, 0.1) is 24.3 Å². The van der Waals surface area contributed by atoms with Gasteiger partial charge in [0.15, 0.2) is 0 Å². The molecule has 0 spiro atoms. The van der Waals surface area contributed by atoms with Gasteiger partial charge in [0.25, 0.3) is 5.91 Å². The smallest absolute Gasteiger partial charge is 0.253 e. The molecule has 124 valence electrons. The van der Waals surface area contributed by atoms with E-state index in [2.05, 4.69) is 16.4 Å². The second-order valence-electron chi connectivity index (χ2n) is 5.96. The Bertz CT molecular complexity index is 678. The molecule has 5 heteroatoms. The number of para-hydroxylation sites is 1. The predicted molar refractivity (Wildman–Crippen MR) is 89.8 cm³/mol. The molecule has 1 aromatic carbocycles. The Balaban J connectivity index is 1.67. The lowest BCUT2D eigenvalue weighted by Gasteiger charge is -2.10. The second kappa shape index (κ2) is 7.62. The fourth-order valence-corrected chi connectivity index (χ4v) is 3.26. The molecule has 0 radical (unpaired) electrons. The van der Waals surface area contributed by atoms with Crippen LogP contribution >= 0.6 is 0 Å². The molecule has 0 saturated heterocycles. The molecule has 1 heterocycles. The first kappa shape index (κ1) is 16.0. The minimum Gasteiger partial charge on any atom is -0.394 e. The maximum absolute atomic E-state index is 12.4. The maximum atomic E-state index is 12.4. The molecule has 5 nitrogen and oxygen atoms in total. The molecule has 0 aliphatic heterocycles. The van der Waals surface area contributed by atoms with Gasteiger partial charge in [-0.25, -0.2) is 0 Å². The Morgan fingerprint density at radius 2 is 2.13 bits per heavy atom. The number of aliphatic hydroxyl groups excluding tert-OH is 1. The number of ether oxygens (including phenoxy) is 1. The first-order chi connectivity index (χ1) is 11.3. The third kappa shape index (κ3) is 3.57. The molecule has 2 aromatic rings. The summed E-state index contributed by atoms with van der Waals surface area (Å²) in [7, 11) is 0. The van der Waals surface area contributed by atoms with Gasteiger partial charge >= 0.3 is 0 Å². The molecule has 0 atom stereocenters. The van der Waals surface area contributed by atoms with E-state index in [1.807, 2.05) is 12.1 Å². The number of hydrogen-bond acceptors (Lipinski definition) is 3. The quantitative estimate of drug-likeness (QED) is 0.685. The van der Waals surface area contributed by atoms with Crippen molar-refractivity contribution in [3.8, 4) is 0 Å². The van der Waals surface area contributed by atoms with Crippen molar-refractivity contribution in [2.45, 2.75) is 32.1 Å². The van der Waals surface area contributed by atoms with Crippen molar-refractivity contribution in [2.24, 2.45) is 0 Å². The average Bonchev–Trinajstić information content (AvgIpc) is 2.96. The number of aromatic nitrogens is 1. The zero-order valence-electron chi connectivity index (χ0n) is 13.4. The molecule has 0 fully saturated rings. The zero-order chi connectivity index (χ0) is 16.1. The number of benzene rings is 1. The van der Waals surface area contributed by atoms with Crippen LogP contribution < -0.4 is 5.32 Å². The van der Waals surface area contributed by atoms with Crippen LogP contribution in [-0.4, -0.2) is 42.4 Å². The van der Waals surface area contributed by atoms with E-state index in [1.165, 1.54) is 29.5 Å². The highest BCUT2D eigenvalue weighted by Crippen LogP contribution is 2.30. The molecule has 1 aliphatic rings. The molecule has 23 heavy (non-hydrogen) atoms. The topological polar surface area (TPSA) is 74.3 Å². The van der Waals surface area contributed by atoms with E-state index < -0.39 is 0 Å². The van der Waals surface area contributed by atoms with Gasteiger partial charge in [0.1, 0.15) is 0 Å². The summed E-state index contributed by atoms with van der Waals surface area (Å²) >= 11 is 0. The van der Waals surface area contributed by atoms with E-state index in [-0.39, 0.29) is 12.5 Å². The standard InChI is InChI=1S/C18H24N2O3/c21-10-12-23-11-4-9-19-18(22)15-7-3-6-14-13-5-1-2-8-16(13)20-17(14)15/h3,6-7,20-21H,1-2,4-5,8-12H2,(H,19,22). The summed E-state index contributed by atoms with van der Waals surface area (Å²) in [5.41, 5.74) is 4.36. The van der Waals surface area contributed by atoms with Gasteiger partial charge in [-0.1, -0.05) is 12.1 Å². The Hall–Kier alpha value is -1.85. The predicted octanol–water partition coefficient (Wildman–Crippen LogP) is 2.18. The molecular weight excluding hydrogens is 292 g/mol. The largest absolute Gasteiger partial charge is 0.394 e. The van der Waals surface area contributed by atoms with E-state index in [1.54, 1.807) is 0 Å². The molecule has 1 aromatic heterocycles. The fraction of sp³-hybridized carbons (Fsp3) is 0.500. The minimum atomic E-state index is -0.0450. The highest BCUT2D eigenvalue weighted by Gasteiger charge is 2.18. The second-order valence-corrected chi connectivity index (χ2v) is 5.96. The summed E-state index contributed by atoms with van der Waals surface area (Å²) in [6.07, 6.45) is 5.36. The molecule has 1 amide bonds. The maximum Gasteiger partial charge on any atom is 0.253 e. The summed E-state index contributed by atoms with van der Waals surface area (Å²) in [5.74, 6) is -0.0450. The number of aliphatic hydroxyl groups is 1. The number of carbonyl (C=O) groups excluding carboxylic acids is 1. The van der Waals surface area contributed by atoms with Crippen molar-refractivity contribution in [1.82, 2.24) is 10.3 Å². The molecule has 0 bridgehead atoms. The van der Waals surface area contributed by atoms with Crippen LogP contribution in [0.25, 0.3) is 10.9 Å². The summed E-state index contributed by atoms with van der Waals surface area (Å²) in [5, 5.41) is 12.8. The SMILES string of the molecule is O=C(NCCCOCCO)c1cccc2c3c([nH]c12)CCCC3. The van der Waals surface area contributed by atoms with Crippen molar-refractivity contribution in [3.63, 3.8) is 0 Å². The lowest BCUT2D eigenvalue weighted by molar-refractivity contribution is 0.0868. The molecule has 3 rings (SSSR count). The summed E-state index contributed by atoms with van der Waals surface area (Å²) in [6, 6.07) is 5.95. The van der Waals surface area contributed by atoms with Gasteiger partial charge in [0, 0.05) is 24.2 Å². The lowest BCUT2D eigenvalue weighted by atomic mass is 9.95. The van der Waals surface area contributed by atoms with Crippen molar-refractivity contribution in [3.05, 3.63) is 35.0 Å². The molecule has 0 saturated carbocycles. The van der Waals surface area contributed by atoms with Crippen LogP contribution in [0.3, 0.4) is 0 Å². The van der Waals surface area contributed by atoms with Crippen LogP contribution in [0.5, 0.6) is 0 Å². The number of aryl methyl sites for hydroxylation is 2. The van der Waals surface area contributed by atoms with E-state index in [0.717, 1.165) is 24.8 Å². The van der Waals surface area contributed by atoms with E-state index in [0.29, 0.717) is 25.3 Å². The van der Waals surface area contributed by atoms with E-state index >= 15 is 0 Å². The van der Waals surface area contributed by atoms with Crippen molar-refractivity contribution >= 4 is 16.8 Å². The van der Waals surface area contributed by atoms with Crippen LogP contribution in [0.2, 0.25) is 0 Å². The number of hydrogen-bond donors (Lipinski definition) is 3. The number of carbonyl (C=O) groups is 1. The van der Waals surface area contributed by atoms with Gasteiger partial charge in [0.2, 0.25) is 0 Å². The van der Waals surface area contributed by atoms with E-state index in [9.17, 15) is 4.79 Å². The molecular formula is C18H24N2O3. The Morgan fingerprint density at radius 1 is 1.26 bits per heavy atom. The number of H-pyrrole nitrogens is 1. The van der Waals surface area contributed by atoms with Crippen molar-refractivity contribution in [1.29, 1.82) is 0 Å². The minimum absolute atomic E-state index is 0.0336. The lowest BCUT2D eigenvalue weighted by Crippen LogP contribution is -2.25. The Labute approximate surface area is 136 Å². The van der Waals surface area contributed by atoms with Crippen LogP contribution in [0.4, 0.5) is 0 Å². The highest BCUT2D eigenvalue weighted by molar-refractivity contribution is 6.06. The zero-order valence-corrected chi connectivity index (χ0v) is 13.4.